The summed E-state index contributed by atoms with van der Waals surface area (Å²) in [6, 6.07) is 3.99. The third kappa shape index (κ3) is 2.30. The van der Waals surface area contributed by atoms with Gasteiger partial charge in [-0.1, -0.05) is 6.07 Å². The van der Waals surface area contributed by atoms with E-state index in [1.165, 1.54) is 0 Å². The normalized spacial score (nSPS) is 15.7. The highest BCUT2D eigenvalue weighted by molar-refractivity contribution is 6.61. The summed E-state index contributed by atoms with van der Waals surface area (Å²) in [7, 11) is 1.79. The van der Waals surface area contributed by atoms with Crippen molar-refractivity contribution in [3.8, 4) is 0 Å². The van der Waals surface area contributed by atoms with Crippen LogP contribution in [0, 0.1) is 0 Å². The number of anilines is 1. The lowest BCUT2D eigenvalue weighted by atomic mass is 9.81. The molecule has 1 aliphatic rings. The van der Waals surface area contributed by atoms with Crippen LogP contribution in [0.4, 0.5) is 5.82 Å². The molecule has 1 fully saturated rings. The van der Waals surface area contributed by atoms with Crippen LogP contribution >= 0.6 is 0 Å². The van der Waals surface area contributed by atoms with Crippen LogP contribution in [0.2, 0.25) is 0 Å². The smallest absolute Gasteiger partial charge is 0.405 e. The molecule has 2 heterocycles. The van der Waals surface area contributed by atoms with Gasteiger partial charge in [-0.2, -0.15) is 0 Å². The van der Waals surface area contributed by atoms with Crippen molar-refractivity contribution in [1.82, 2.24) is 4.98 Å². The quantitative estimate of drug-likeness (QED) is 0.665. The maximum Gasteiger partial charge on any atom is 0.495 e. The molecule has 5 heteroatoms. The van der Waals surface area contributed by atoms with E-state index in [2.05, 4.69) is 16.8 Å². The molecule has 0 atom stereocenters. The summed E-state index contributed by atoms with van der Waals surface area (Å²) in [5.74, 6) is 0.972. The Morgan fingerprint density at radius 3 is 2.67 bits per heavy atom. The van der Waals surface area contributed by atoms with E-state index in [1.54, 1.807) is 0 Å². The Morgan fingerprint density at radius 1 is 1.40 bits per heavy atom. The van der Waals surface area contributed by atoms with E-state index in [4.69, 9.17) is 9.31 Å². The Bertz CT molecular complexity index is 312. The Labute approximate surface area is 90.3 Å². The lowest BCUT2D eigenvalue weighted by Crippen LogP contribution is -2.32. The molecule has 0 amide bonds. The maximum absolute atomic E-state index is 5.39. The molecular formula is C10H15BN2O2. The largest absolute Gasteiger partial charge is 0.495 e. The van der Waals surface area contributed by atoms with E-state index < -0.39 is 0 Å². The molecule has 1 aromatic rings. The summed E-state index contributed by atoms with van der Waals surface area (Å²) in [6.45, 7) is 4.38. The van der Waals surface area contributed by atoms with Gasteiger partial charge in [-0.25, -0.2) is 4.98 Å². The molecule has 0 bridgehead atoms. The van der Waals surface area contributed by atoms with Gasteiger partial charge in [0.25, 0.3) is 0 Å². The van der Waals surface area contributed by atoms with Gasteiger partial charge in [0.1, 0.15) is 5.82 Å². The van der Waals surface area contributed by atoms with Crippen LogP contribution in [0.1, 0.15) is 6.92 Å². The zero-order chi connectivity index (χ0) is 10.7. The second-order valence-electron chi connectivity index (χ2n) is 3.54. The lowest BCUT2D eigenvalue weighted by Gasteiger charge is -2.15. The molecule has 1 aliphatic heterocycles. The van der Waals surface area contributed by atoms with Gasteiger partial charge >= 0.3 is 7.12 Å². The minimum atomic E-state index is -0.224. The first-order valence-corrected chi connectivity index (χ1v) is 5.21. The van der Waals surface area contributed by atoms with E-state index in [0.717, 1.165) is 17.8 Å². The number of hydrogen-bond donors (Lipinski definition) is 0. The topological polar surface area (TPSA) is 34.6 Å². The first-order valence-electron chi connectivity index (χ1n) is 5.21. The van der Waals surface area contributed by atoms with Gasteiger partial charge in [0.2, 0.25) is 0 Å². The van der Waals surface area contributed by atoms with Crippen LogP contribution < -0.4 is 10.4 Å². The number of aromatic nitrogens is 1. The fraction of sp³-hybridized carbons (Fsp3) is 0.500. The predicted molar refractivity (Wildman–Crippen MR) is 60.5 cm³/mol. The molecule has 80 valence electrons. The SMILES string of the molecule is CCN(C)c1ccc(B2OCCO2)cn1. The van der Waals surface area contributed by atoms with E-state index in [0.29, 0.717) is 13.2 Å². The summed E-state index contributed by atoms with van der Waals surface area (Å²) in [5, 5.41) is 0. The number of hydrogen-bond acceptors (Lipinski definition) is 4. The Morgan fingerprint density at radius 2 is 2.13 bits per heavy atom. The fourth-order valence-corrected chi connectivity index (χ4v) is 1.48. The van der Waals surface area contributed by atoms with Crippen molar-refractivity contribution in [3.63, 3.8) is 0 Å². The summed E-state index contributed by atoms with van der Waals surface area (Å²) < 4.78 is 10.8. The molecule has 0 aliphatic carbocycles. The van der Waals surface area contributed by atoms with Crippen molar-refractivity contribution in [2.75, 3.05) is 31.7 Å². The monoisotopic (exact) mass is 206 g/mol. The maximum atomic E-state index is 5.39. The molecule has 2 rings (SSSR count). The fourth-order valence-electron chi connectivity index (χ4n) is 1.48. The number of rotatable bonds is 3. The molecule has 0 spiro atoms. The highest BCUT2D eigenvalue weighted by atomic mass is 16.6. The van der Waals surface area contributed by atoms with Crippen LogP contribution in [0.15, 0.2) is 18.3 Å². The summed E-state index contributed by atoms with van der Waals surface area (Å²) in [6.07, 6.45) is 1.82. The van der Waals surface area contributed by atoms with E-state index in [-0.39, 0.29) is 7.12 Å². The van der Waals surface area contributed by atoms with Gasteiger partial charge in [-0.15, -0.1) is 0 Å². The standard InChI is InChI=1S/C10H15BN2O2/c1-3-13(2)10-5-4-9(8-12-10)11-14-6-7-15-11/h4-5,8H,3,6-7H2,1-2H3. The Hall–Kier alpha value is -1.07. The van der Waals surface area contributed by atoms with Crippen LogP contribution in [-0.4, -0.2) is 38.9 Å². The van der Waals surface area contributed by atoms with E-state index >= 15 is 0 Å². The van der Waals surface area contributed by atoms with Crippen molar-refractivity contribution in [2.24, 2.45) is 0 Å². The van der Waals surface area contributed by atoms with Gasteiger partial charge in [0, 0.05) is 25.3 Å². The molecule has 0 saturated carbocycles. The van der Waals surface area contributed by atoms with Gasteiger partial charge in [-0.3, -0.25) is 0 Å². The molecule has 0 radical (unpaired) electrons. The first kappa shape index (κ1) is 10.5. The van der Waals surface area contributed by atoms with Gasteiger partial charge in [0.15, 0.2) is 0 Å². The number of pyridine rings is 1. The summed E-state index contributed by atoms with van der Waals surface area (Å²) >= 11 is 0. The minimum absolute atomic E-state index is 0.224. The molecule has 0 aromatic carbocycles. The molecular weight excluding hydrogens is 191 g/mol. The predicted octanol–water partition coefficient (Wildman–Crippen LogP) is 0.280. The lowest BCUT2D eigenvalue weighted by molar-refractivity contribution is 0.365. The molecule has 0 N–H and O–H groups in total. The van der Waals surface area contributed by atoms with Crippen molar-refractivity contribution in [3.05, 3.63) is 18.3 Å². The van der Waals surface area contributed by atoms with Gasteiger partial charge in [-0.05, 0) is 13.0 Å². The van der Waals surface area contributed by atoms with Gasteiger partial charge in [0.05, 0.1) is 13.2 Å². The van der Waals surface area contributed by atoms with Crippen LogP contribution in [0.25, 0.3) is 0 Å². The van der Waals surface area contributed by atoms with Crippen LogP contribution in [0.3, 0.4) is 0 Å². The average molecular weight is 206 g/mol. The molecule has 15 heavy (non-hydrogen) atoms. The zero-order valence-corrected chi connectivity index (χ0v) is 9.14. The molecule has 1 saturated heterocycles. The Balaban J connectivity index is 2.09. The van der Waals surface area contributed by atoms with Crippen LogP contribution in [0.5, 0.6) is 0 Å². The zero-order valence-electron chi connectivity index (χ0n) is 9.14. The molecule has 0 unspecified atom stereocenters. The van der Waals surface area contributed by atoms with Crippen molar-refractivity contribution < 1.29 is 9.31 Å². The Kier molecular flexibility index (Phi) is 3.23. The van der Waals surface area contributed by atoms with Crippen molar-refractivity contribution >= 4 is 18.4 Å². The van der Waals surface area contributed by atoms with Crippen molar-refractivity contribution in [1.29, 1.82) is 0 Å². The third-order valence-corrected chi connectivity index (χ3v) is 2.53. The summed E-state index contributed by atoms with van der Waals surface area (Å²) in [5.41, 5.74) is 0.987. The summed E-state index contributed by atoms with van der Waals surface area (Å²) in [4.78, 5) is 6.44. The average Bonchev–Trinajstić information content (AvgIpc) is 2.82. The third-order valence-electron chi connectivity index (χ3n) is 2.53. The van der Waals surface area contributed by atoms with Crippen LogP contribution in [-0.2, 0) is 9.31 Å². The second-order valence-corrected chi connectivity index (χ2v) is 3.54. The minimum Gasteiger partial charge on any atom is -0.405 e. The van der Waals surface area contributed by atoms with Gasteiger partial charge < -0.3 is 14.2 Å². The van der Waals surface area contributed by atoms with E-state index in [9.17, 15) is 0 Å². The molecule has 1 aromatic heterocycles. The second kappa shape index (κ2) is 4.64. The first-order chi connectivity index (χ1) is 7.31. The van der Waals surface area contributed by atoms with Crippen molar-refractivity contribution in [2.45, 2.75) is 6.92 Å². The molecule has 4 nitrogen and oxygen atoms in total. The van der Waals surface area contributed by atoms with E-state index in [1.807, 2.05) is 25.4 Å². The highest BCUT2D eigenvalue weighted by Crippen LogP contribution is 2.06. The number of nitrogens with zero attached hydrogens (tertiary/aromatic N) is 2. The highest BCUT2D eigenvalue weighted by Gasteiger charge is 2.26.